The highest BCUT2D eigenvalue weighted by molar-refractivity contribution is 6.27. The number of nitrogens with zero attached hydrogens (tertiary/aromatic N) is 3. The predicted octanol–water partition coefficient (Wildman–Crippen LogP) is 2.05. The third-order valence-corrected chi connectivity index (χ3v) is 2.43. The van der Waals surface area contributed by atoms with E-state index >= 15 is 0 Å². The van der Waals surface area contributed by atoms with Crippen LogP contribution in [0.5, 0.6) is 0 Å². The van der Waals surface area contributed by atoms with Crippen LogP contribution < -0.4 is 10.0 Å². The molecule has 1 aromatic carbocycles. The van der Waals surface area contributed by atoms with Crippen molar-refractivity contribution >= 4 is 28.8 Å². The third-order valence-electron chi connectivity index (χ3n) is 2.17. The maximum atomic E-state index is 13.5. The van der Waals surface area contributed by atoms with Gasteiger partial charge in [0.2, 0.25) is 5.82 Å². The van der Waals surface area contributed by atoms with Crippen molar-refractivity contribution in [1.82, 2.24) is 4.98 Å². The van der Waals surface area contributed by atoms with Crippen LogP contribution in [0, 0.1) is 15.9 Å². The molecule has 98 valence electrons. The average molecular weight is 286 g/mol. The van der Waals surface area contributed by atoms with Gasteiger partial charge in [-0.25, -0.2) is 0 Å². The fourth-order valence-corrected chi connectivity index (χ4v) is 1.47. The monoisotopic (exact) mass is 285 g/mol. The van der Waals surface area contributed by atoms with Gasteiger partial charge < -0.3 is 10.5 Å². The highest BCUT2D eigenvalue weighted by atomic mass is 35.5. The minimum Gasteiger partial charge on any atom is -0.349 e. The van der Waals surface area contributed by atoms with Crippen molar-refractivity contribution in [3.63, 3.8) is 0 Å². The summed E-state index contributed by atoms with van der Waals surface area (Å²) in [6.45, 7) is 0. The molecule has 0 amide bonds. The van der Waals surface area contributed by atoms with Crippen molar-refractivity contribution < 1.29 is 19.3 Å². The van der Waals surface area contributed by atoms with E-state index in [1.54, 1.807) is 0 Å². The van der Waals surface area contributed by atoms with E-state index in [-0.39, 0.29) is 22.5 Å². The van der Waals surface area contributed by atoms with E-state index in [2.05, 4.69) is 10.3 Å². The Morgan fingerprint density at radius 2 is 2.26 bits per heavy atom. The summed E-state index contributed by atoms with van der Waals surface area (Å²) in [6, 6.07) is 5.46. The fraction of sp³-hybridized carbons (Fsp3) is 0. The van der Waals surface area contributed by atoms with Gasteiger partial charge in [-0.15, -0.1) is 0 Å². The Morgan fingerprint density at radius 3 is 2.95 bits per heavy atom. The molecule has 0 aliphatic carbocycles. The molecule has 2 N–H and O–H groups in total. The summed E-state index contributed by atoms with van der Waals surface area (Å²) in [5, 5.41) is 21.9. The van der Waals surface area contributed by atoms with Gasteiger partial charge in [-0.1, -0.05) is 6.07 Å². The Kier molecular flexibility index (Phi) is 3.43. The van der Waals surface area contributed by atoms with Gasteiger partial charge in [0.05, 0.1) is 4.92 Å². The highest BCUT2D eigenvalue weighted by Crippen LogP contribution is 2.21. The number of nitro benzene ring substituents is 1. The average Bonchev–Trinajstić information content (AvgIpc) is 2.36. The van der Waals surface area contributed by atoms with Crippen LogP contribution in [0.2, 0.25) is 5.28 Å². The van der Waals surface area contributed by atoms with E-state index in [1.165, 1.54) is 24.3 Å². The lowest BCUT2D eigenvalue weighted by Gasteiger charge is -2.02. The zero-order valence-corrected chi connectivity index (χ0v) is 10.0. The van der Waals surface area contributed by atoms with Crippen LogP contribution in [0.3, 0.4) is 0 Å². The summed E-state index contributed by atoms with van der Waals surface area (Å²) in [7, 11) is 0. The number of benzene rings is 1. The smallest absolute Gasteiger partial charge is 0.349 e. The molecule has 2 aromatic rings. The summed E-state index contributed by atoms with van der Waals surface area (Å²) in [5.41, 5.74) is 0.122. The third kappa shape index (κ3) is 2.86. The van der Waals surface area contributed by atoms with Crippen LogP contribution in [0.15, 0.2) is 30.5 Å². The topological polar surface area (TPSA) is 92.2 Å². The van der Waals surface area contributed by atoms with Gasteiger partial charge in [-0.2, -0.15) is 4.39 Å². The molecule has 7 nitrogen and oxygen atoms in total. The number of hydrogen-bond acceptors (Lipinski definition) is 5. The van der Waals surface area contributed by atoms with Crippen molar-refractivity contribution in [2.45, 2.75) is 0 Å². The molecule has 2 rings (SSSR count). The van der Waals surface area contributed by atoms with Crippen molar-refractivity contribution in [2.75, 3.05) is 5.32 Å². The van der Waals surface area contributed by atoms with Crippen LogP contribution in [0.1, 0.15) is 0 Å². The maximum absolute atomic E-state index is 13.5. The second-order valence-electron chi connectivity index (χ2n) is 3.48. The number of anilines is 2. The minimum atomic E-state index is -0.863. The van der Waals surface area contributed by atoms with Gasteiger partial charge in [0, 0.05) is 29.4 Å². The number of halogens is 2. The molecule has 19 heavy (non-hydrogen) atoms. The Morgan fingerprint density at radius 1 is 1.53 bits per heavy atom. The Hall–Kier alpha value is -2.48. The quantitative estimate of drug-likeness (QED) is 0.296. The van der Waals surface area contributed by atoms with Gasteiger partial charge in [0.25, 0.3) is 11.5 Å². The van der Waals surface area contributed by atoms with E-state index in [0.29, 0.717) is 4.73 Å². The number of rotatable bonds is 3. The molecular weight excluding hydrogens is 279 g/mol. The first-order valence-corrected chi connectivity index (χ1v) is 5.33. The Labute approximate surface area is 111 Å². The summed E-state index contributed by atoms with van der Waals surface area (Å²) < 4.78 is 13.8. The number of aromatic nitrogens is 2. The van der Waals surface area contributed by atoms with Crippen LogP contribution in [0.4, 0.5) is 21.6 Å². The van der Waals surface area contributed by atoms with Gasteiger partial charge in [-0.3, -0.25) is 10.1 Å². The zero-order chi connectivity index (χ0) is 14.0. The van der Waals surface area contributed by atoms with Crippen LogP contribution in [0.25, 0.3) is 0 Å². The van der Waals surface area contributed by atoms with Crippen molar-refractivity contribution in [1.29, 1.82) is 0 Å². The molecule has 0 fully saturated rings. The SMILES string of the molecule is O=[N+]([O-])c1cccc(Nc2nc(Cl)[n+](O)cc2F)c1. The molecule has 1 aromatic heterocycles. The van der Waals surface area contributed by atoms with E-state index in [4.69, 9.17) is 16.8 Å². The summed E-state index contributed by atoms with van der Waals surface area (Å²) in [4.78, 5) is 13.6. The lowest BCUT2D eigenvalue weighted by molar-refractivity contribution is -0.905. The molecule has 1 heterocycles. The molecule has 0 saturated heterocycles. The van der Waals surface area contributed by atoms with Crippen LogP contribution in [-0.4, -0.2) is 15.1 Å². The molecule has 0 aliphatic heterocycles. The molecule has 0 unspecified atom stereocenters. The van der Waals surface area contributed by atoms with E-state index < -0.39 is 10.7 Å². The van der Waals surface area contributed by atoms with Crippen molar-refractivity contribution in [3.8, 4) is 0 Å². The van der Waals surface area contributed by atoms with E-state index in [1.807, 2.05) is 0 Å². The summed E-state index contributed by atoms with van der Waals surface area (Å²) >= 11 is 5.52. The first-order chi connectivity index (χ1) is 8.97. The maximum Gasteiger partial charge on any atom is 0.437 e. The number of non-ortho nitro benzene ring substituents is 1. The lowest BCUT2D eigenvalue weighted by Crippen LogP contribution is -2.33. The number of nitrogens with one attached hydrogen (secondary N) is 1. The van der Waals surface area contributed by atoms with Crippen LogP contribution >= 0.6 is 11.6 Å². The van der Waals surface area contributed by atoms with Crippen molar-refractivity contribution in [2.24, 2.45) is 0 Å². The Balaban J connectivity index is 2.33. The first-order valence-electron chi connectivity index (χ1n) is 4.96. The molecule has 0 aliphatic rings. The molecule has 0 radical (unpaired) electrons. The molecule has 0 spiro atoms. The summed E-state index contributed by atoms with van der Waals surface area (Å²) in [5.74, 6) is -1.12. The predicted molar refractivity (Wildman–Crippen MR) is 63.0 cm³/mol. The second kappa shape index (κ2) is 5.02. The first kappa shape index (κ1) is 13.0. The normalized spacial score (nSPS) is 10.2. The highest BCUT2D eigenvalue weighted by Gasteiger charge is 2.19. The Bertz CT molecular complexity index is 653. The molecule has 0 bridgehead atoms. The van der Waals surface area contributed by atoms with Gasteiger partial charge >= 0.3 is 5.28 Å². The van der Waals surface area contributed by atoms with E-state index in [9.17, 15) is 14.5 Å². The molecule has 9 heteroatoms. The lowest BCUT2D eigenvalue weighted by atomic mass is 10.3. The zero-order valence-electron chi connectivity index (χ0n) is 9.25. The van der Waals surface area contributed by atoms with Gasteiger partial charge in [0.15, 0.2) is 6.20 Å². The van der Waals surface area contributed by atoms with Crippen LogP contribution in [-0.2, 0) is 0 Å². The second-order valence-corrected chi connectivity index (χ2v) is 3.82. The molecule has 0 atom stereocenters. The molecular formula is C10H7ClFN4O3+. The van der Waals surface area contributed by atoms with E-state index in [0.717, 1.165) is 6.20 Å². The van der Waals surface area contributed by atoms with Gasteiger partial charge in [0.1, 0.15) is 0 Å². The minimum absolute atomic E-state index is 0.148. The number of hydrogen-bond donors (Lipinski definition) is 2. The number of nitro groups is 1. The summed E-state index contributed by atoms with van der Waals surface area (Å²) in [6.07, 6.45) is 0.717. The molecule has 0 saturated carbocycles. The fourth-order valence-electron chi connectivity index (χ4n) is 1.34. The standard InChI is InChI=1S/C10H6ClFN4O3/c11-10-14-9(8(12)5-15(10)17)13-6-2-1-3-7(4-6)16(18)19/h1-5,17H/p+1. The van der Waals surface area contributed by atoms with Crippen molar-refractivity contribution in [3.05, 3.63) is 51.7 Å². The largest absolute Gasteiger partial charge is 0.437 e. The van der Waals surface area contributed by atoms with Gasteiger partial charge in [-0.05, 0) is 15.8 Å².